The Kier molecular flexibility index (Phi) is 7.47. The topological polar surface area (TPSA) is 137 Å². The van der Waals surface area contributed by atoms with Gasteiger partial charge in [0.15, 0.2) is 5.82 Å². The van der Waals surface area contributed by atoms with Crippen molar-refractivity contribution in [1.82, 2.24) is 9.66 Å². The fourth-order valence-electron chi connectivity index (χ4n) is 4.06. The number of nitrogens with zero attached hydrogens (tertiary/aromatic N) is 4. The minimum absolute atomic E-state index is 0.0600. The molecule has 0 bridgehead atoms. The van der Waals surface area contributed by atoms with Crippen molar-refractivity contribution in [3.63, 3.8) is 0 Å². The quantitative estimate of drug-likeness (QED) is 0.133. The lowest BCUT2D eigenvalue weighted by Crippen LogP contribution is -2.20. The number of nitro benzene ring substituents is 1. The summed E-state index contributed by atoms with van der Waals surface area (Å²) >= 11 is 3.29. The van der Waals surface area contributed by atoms with E-state index in [-0.39, 0.29) is 35.0 Å². The summed E-state index contributed by atoms with van der Waals surface area (Å²) < 4.78 is 7.40. The minimum Gasteiger partial charge on any atom is -0.481 e. The minimum atomic E-state index is -1.10. The Morgan fingerprint density at radius 3 is 2.55 bits per heavy atom. The van der Waals surface area contributed by atoms with Crippen LogP contribution < -0.4 is 10.3 Å². The fraction of sp³-hybridized carbons (Fsp3) is 0.0345. The summed E-state index contributed by atoms with van der Waals surface area (Å²) in [4.78, 5) is 40.8. The predicted octanol–water partition coefficient (Wildman–Crippen LogP) is 5.89. The number of nitro groups is 1. The second-order valence-corrected chi connectivity index (χ2v) is 9.49. The highest BCUT2D eigenvalue weighted by Crippen LogP contribution is 2.34. The van der Waals surface area contributed by atoms with Crippen LogP contribution in [0.2, 0.25) is 0 Å². The number of carbonyl (C=O) groups is 1. The molecule has 0 radical (unpaired) electrons. The van der Waals surface area contributed by atoms with E-state index < -0.39 is 16.5 Å². The maximum Gasteiger partial charge on any atom is 0.335 e. The molecule has 11 heteroatoms. The second kappa shape index (κ2) is 11.3. The highest BCUT2D eigenvalue weighted by Gasteiger charge is 2.21. The molecule has 198 valence electrons. The first kappa shape index (κ1) is 26.4. The number of hydrogen-bond donors (Lipinski definition) is 1. The third kappa shape index (κ3) is 5.49. The Balaban J connectivity index is 1.62. The van der Waals surface area contributed by atoms with Gasteiger partial charge in [-0.25, -0.2) is 9.78 Å². The van der Waals surface area contributed by atoms with Crippen LogP contribution in [0.4, 0.5) is 5.69 Å². The van der Waals surface area contributed by atoms with Crippen molar-refractivity contribution in [3.8, 4) is 17.1 Å². The lowest BCUT2D eigenvalue weighted by Gasteiger charge is -2.12. The number of rotatable bonds is 8. The van der Waals surface area contributed by atoms with E-state index in [1.807, 2.05) is 18.2 Å². The van der Waals surface area contributed by atoms with Gasteiger partial charge in [-0.15, -0.1) is 0 Å². The van der Waals surface area contributed by atoms with Crippen LogP contribution in [0.5, 0.6) is 5.75 Å². The molecule has 0 saturated heterocycles. The number of hydrogen-bond acceptors (Lipinski definition) is 7. The van der Waals surface area contributed by atoms with Crippen molar-refractivity contribution in [1.29, 1.82) is 0 Å². The third-order valence-corrected chi connectivity index (χ3v) is 6.37. The average Bonchev–Trinajstić information content (AvgIpc) is 2.96. The van der Waals surface area contributed by atoms with E-state index >= 15 is 0 Å². The van der Waals surface area contributed by atoms with Crippen LogP contribution >= 0.6 is 15.9 Å². The number of para-hydroxylation sites is 1. The highest BCUT2D eigenvalue weighted by molar-refractivity contribution is 9.10. The first-order valence-corrected chi connectivity index (χ1v) is 12.7. The maximum atomic E-state index is 13.5. The summed E-state index contributed by atoms with van der Waals surface area (Å²) in [6, 6.07) is 24.9. The third-order valence-electron chi connectivity index (χ3n) is 5.91. The summed E-state index contributed by atoms with van der Waals surface area (Å²) in [7, 11) is 0. The van der Waals surface area contributed by atoms with E-state index in [1.54, 1.807) is 54.6 Å². The standard InChI is InChI=1S/C29H19BrN4O6/c30-22-14-21(26(25(15-22)34(38)39)40-17-18-7-6-10-20(13-18)29(36)37)16-31-33-27(19-8-2-1-3-9-19)32-24-12-5-4-11-23(24)28(33)35/h1-16H,17H2,(H,36,37). The SMILES string of the molecule is O=C(O)c1cccc(COc2c(C=Nn3c(-c4ccccc4)nc4ccccc4c3=O)cc(Br)cc2[N+](=O)[O-])c1. The summed E-state index contributed by atoms with van der Waals surface area (Å²) in [5.74, 6) is -0.910. The highest BCUT2D eigenvalue weighted by atomic mass is 79.9. The largest absolute Gasteiger partial charge is 0.481 e. The van der Waals surface area contributed by atoms with Gasteiger partial charge in [-0.1, -0.05) is 70.5 Å². The maximum absolute atomic E-state index is 13.5. The van der Waals surface area contributed by atoms with E-state index in [0.29, 0.717) is 26.5 Å². The number of benzene rings is 4. The Morgan fingerprint density at radius 2 is 1.80 bits per heavy atom. The fourth-order valence-corrected chi connectivity index (χ4v) is 4.53. The predicted molar refractivity (Wildman–Crippen MR) is 153 cm³/mol. The zero-order chi connectivity index (χ0) is 28.2. The van der Waals surface area contributed by atoms with Gasteiger partial charge in [0.25, 0.3) is 5.56 Å². The van der Waals surface area contributed by atoms with Crippen LogP contribution in [-0.4, -0.2) is 31.9 Å². The molecule has 4 aromatic carbocycles. The monoisotopic (exact) mass is 598 g/mol. The van der Waals surface area contributed by atoms with Gasteiger partial charge < -0.3 is 9.84 Å². The second-order valence-electron chi connectivity index (χ2n) is 8.57. The van der Waals surface area contributed by atoms with Gasteiger partial charge in [-0.05, 0) is 35.9 Å². The van der Waals surface area contributed by atoms with Crippen molar-refractivity contribution < 1.29 is 19.6 Å². The van der Waals surface area contributed by atoms with Crippen LogP contribution in [0.15, 0.2) is 105 Å². The average molecular weight is 599 g/mol. The van der Waals surface area contributed by atoms with Crippen LogP contribution in [0, 0.1) is 10.1 Å². The number of halogens is 1. The molecule has 0 unspecified atom stereocenters. The Hall–Kier alpha value is -5.16. The van der Waals surface area contributed by atoms with Gasteiger partial charge in [0.2, 0.25) is 5.75 Å². The molecule has 1 heterocycles. The van der Waals surface area contributed by atoms with Gasteiger partial charge in [0, 0.05) is 21.7 Å². The molecule has 0 spiro atoms. The van der Waals surface area contributed by atoms with Gasteiger partial charge >= 0.3 is 11.7 Å². The molecule has 0 aliphatic carbocycles. The molecule has 10 nitrogen and oxygen atoms in total. The van der Waals surface area contributed by atoms with Crippen molar-refractivity contribution in [3.05, 3.63) is 133 Å². The molecule has 5 rings (SSSR count). The molecule has 0 aliphatic rings. The number of aromatic nitrogens is 2. The van der Waals surface area contributed by atoms with Crippen molar-refractivity contribution in [2.24, 2.45) is 5.10 Å². The van der Waals surface area contributed by atoms with Crippen LogP contribution in [0.1, 0.15) is 21.5 Å². The van der Waals surface area contributed by atoms with Gasteiger partial charge in [-0.2, -0.15) is 9.78 Å². The van der Waals surface area contributed by atoms with E-state index in [2.05, 4.69) is 26.0 Å². The summed E-state index contributed by atoms with van der Waals surface area (Å²) in [6.07, 6.45) is 1.30. The molecule has 40 heavy (non-hydrogen) atoms. The smallest absolute Gasteiger partial charge is 0.335 e. The lowest BCUT2D eigenvalue weighted by molar-refractivity contribution is -0.386. The molecular weight excluding hydrogens is 580 g/mol. The molecule has 0 amide bonds. The van der Waals surface area contributed by atoms with E-state index in [0.717, 1.165) is 4.68 Å². The first-order valence-electron chi connectivity index (χ1n) is 11.9. The molecular formula is C29H19BrN4O6. The summed E-state index contributed by atoms with van der Waals surface area (Å²) in [6.45, 7) is -0.142. The van der Waals surface area contributed by atoms with E-state index in [4.69, 9.17) is 4.74 Å². The molecule has 1 aromatic heterocycles. The van der Waals surface area contributed by atoms with Crippen LogP contribution in [0.3, 0.4) is 0 Å². The van der Waals surface area contributed by atoms with Gasteiger partial charge in [0.1, 0.15) is 6.61 Å². The zero-order valence-electron chi connectivity index (χ0n) is 20.6. The first-order chi connectivity index (χ1) is 19.3. The Bertz CT molecular complexity index is 1850. The van der Waals surface area contributed by atoms with Gasteiger partial charge in [-0.3, -0.25) is 14.9 Å². The summed E-state index contributed by atoms with van der Waals surface area (Å²) in [5, 5.41) is 26.0. The van der Waals surface area contributed by atoms with Crippen molar-refractivity contribution in [2.45, 2.75) is 6.61 Å². The molecule has 5 aromatic rings. The van der Waals surface area contributed by atoms with E-state index in [1.165, 1.54) is 24.4 Å². The molecule has 0 saturated carbocycles. The summed E-state index contributed by atoms with van der Waals surface area (Å²) in [5.41, 5.74) is 1.18. The zero-order valence-corrected chi connectivity index (χ0v) is 22.2. The van der Waals surface area contributed by atoms with Crippen molar-refractivity contribution in [2.75, 3.05) is 0 Å². The molecule has 1 N–H and O–H groups in total. The number of aromatic carboxylic acids is 1. The Labute approximate surface area is 235 Å². The molecule has 0 atom stereocenters. The lowest BCUT2D eigenvalue weighted by atomic mass is 10.1. The van der Waals surface area contributed by atoms with Gasteiger partial charge in [0.05, 0.1) is 27.6 Å². The number of fused-ring (bicyclic) bond motifs is 1. The normalized spacial score (nSPS) is 11.1. The molecule has 0 fully saturated rings. The number of ether oxygens (including phenoxy) is 1. The van der Waals surface area contributed by atoms with Crippen LogP contribution in [-0.2, 0) is 6.61 Å². The number of carboxylic acids is 1. The molecule has 0 aliphatic heterocycles. The van der Waals surface area contributed by atoms with E-state index in [9.17, 15) is 24.8 Å². The van der Waals surface area contributed by atoms with Crippen molar-refractivity contribution >= 4 is 44.7 Å². The number of carboxylic acid groups (broad SMARTS) is 1. The van der Waals surface area contributed by atoms with Crippen LogP contribution in [0.25, 0.3) is 22.3 Å². The Morgan fingerprint density at radius 1 is 1.05 bits per heavy atom.